The van der Waals surface area contributed by atoms with E-state index < -0.39 is 0 Å². The quantitative estimate of drug-likeness (QED) is 0.586. The Morgan fingerprint density at radius 3 is 2.75 bits per heavy atom. The van der Waals surface area contributed by atoms with Gasteiger partial charge in [0.2, 0.25) is 5.91 Å². The molecule has 0 radical (unpaired) electrons. The van der Waals surface area contributed by atoms with Crippen LogP contribution in [0.1, 0.15) is 35.7 Å². The summed E-state index contributed by atoms with van der Waals surface area (Å²) in [6.07, 6.45) is 0.866. The lowest BCUT2D eigenvalue weighted by molar-refractivity contribution is -0.116. The molecule has 0 atom stereocenters. The zero-order chi connectivity index (χ0) is 20.3. The lowest BCUT2D eigenvalue weighted by atomic mass is 10.00. The summed E-state index contributed by atoms with van der Waals surface area (Å²) in [6.45, 7) is 7.47. The first kappa shape index (κ1) is 19.8. The van der Waals surface area contributed by atoms with Crippen molar-refractivity contribution >= 4 is 22.6 Å². The maximum absolute atomic E-state index is 12.5. The Bertz CT molecular complexity index is 1060. The second-order valence-electron chi connectivity index (χ2n) is 6.98. The van der Waals surface area contributed by atoms with Crippen molar-refractivity contribution in [1.29, 1.82) is 0 Å². The zero-order valence-corrected chi connectivity index (χ0v) is 16.8. The number of nitrogens with one attached hydrogen (secondary N) is 3. The number of pyridine rings is 1. The van der Waals surface area contributed by atoms with E-state index in [1.165, 1.54) is 0 Å². The van der Waals surface area contributed by atoms with Crippen LogP contribution in [0.4, 0.5) is 5.69 Å². The van der Waals surface area contributed by atoms with Crippen molar-refractivity contribution in [2.45, 2.75) is 40.2 Å². The number of carbonyl (C=O) groups is 1. The number of benzene rings is 1. The number of hydrogen-bond acceptors (Lipinski definition) is 4. The third-order valence-corrected chi connectivity index (χ3v) is 5.03. The van der Waals surface area contributed by atoms with E-state index in [1.807, 2.05) is 38.1 Å². The highest BCUT2D eigenvalue weighted by Gasteiger charge is 2.16. The van der Waals surface area contributed by atoms with Crippen LogP contribution in [0, 0.1) is 13.8 Å². The Morgan fingerprint density at radius 1 is 1.25 bits per heavy atom. The molecule has 0 saturated carbocycles. The van der Waals surface area contributed by atoms with Gasteiger partial charge in [-0.1, -0.05) is 25.1 Å². The normalized spacial score (nSPS) is 11.1. The number of rotatable bonds is 7. The molecule has 2 heterocycles. The van der Waals surface area contributed by atoms with E-state index in [-0.39, 0.29) is 11.5 Å². The number of aryl methyl sites for hydroxylation is 3. The summed E-state index contributed by atoms with van der Waals surface area (Å²) in [5.74, 6) is -0.0511. The zero-order valence-electron chi connectivity index (χ0n) is 16.8. The van der Waals surface area contributed by atoms with E-state index in [0.29, 0.717) is 30.4 Å². The van der Waals surface area contributed by atoms with Gasteiger partial charge >= 0.3 is 0 Å². The molecule has 0 aliphatic carbocycles. The molecule has 0 spiro atoms. The molecule has 28 heavy (non-hydrogen) atoms. The lowest BCUT2D eigenvalue weighted by Crippen LogP contribution is -2.17. The highest BCUT2D eigenvalue weighted by molar-refractivity contribution is 5.91. The van der Waals surface area contributed by atoms with Gasteiger partial charge in [-0.2, -0.15) is 0 Å². The Kier molecular flexibility index (Phi) is 5.94. The molecule has 7 heteroatoms. The van der Waals surface area contributed by atoms with Gasteiger partial charge in [-0.15, -0.1) is 0 Å². The molecular formula is C21H27N5O2. The van der Waals surface area contributed by atoms with Gasteiger partial charge in [0.1, 0.15) is 0 Å². The molecule has 3 N–H and O–H groups in total. The third-order valence-electron chi connectivity index (χ3n) is 5.03. The summed E-state index contributed by atoms with van der Waals surface area (Å²) in [6, 6.07) is 7.80. The van der Waals surface area contributed by atoms with Crippen molar-refractivity contribution in [3.8, 4) is 0 Å². The van der Waals surface area contributed by atoms with E-state index in [9.17, 15) is 9.59 Å². The number of anilines is 1. The summed E-state index contributed by atoms with van der Waals surface area (Å²) in [5, 5.41) is 9.63. The van der Waals surface area contributed by atoms with Crippen molar-refractivity contribution < 1.29 is 4.79 Å². The minimum Gasteiger partial charge on any atom is -0.326 e. The topological polar surface area (TPSA) is 91.8 Å². The Labute approximate surface area is 164 Å². The average molecular weight is 381 g/mol. The molecule has 1 amide bonds. The van der Waals surface area contributed by atoms with Crippen LogP contribution in [-0.4, -0.2) is 27.2 Å². The fourth-order valence-electron chi connectivity index (χ4n) is 3.52. The average Bonchev–Trinajstić information content (AvgIpc) is 2.94. The van der Waals surface area contributed by atoms with E-state index in [1.54, 1.807) is 11.7 Å². The maximum Gasteiger partial charge on any atom is 0.273 e. The number of aromatic nitrogens is 3. The van der Waals surface area contributed by atoms with Crippen LogP contribution in [-0.2, 0) is 24.8 Å². The van der Waals surface area contributed by atoms with Gasteiger partial charge in [0.05, 0.1) is 5.39 Å². The Hall–Kier alpha value is -2.93. The highest BCUT2D eigenvalue weighted by atomic mass is 16.1. The minimum atomic E-state index is -0.148. The van der Waals surface area contributed by atoms with Crippen molar-refractivity contribution in [1.82, 2.24) is 20.1 Å². The second kappa shape index (κ2) is 8.39. The first-order valence-corrected chi connectivity index (χ1v) is 9.55. The van der Waals surface area contributed by atoms with Gasteiger partial charge < -0.3 is 10.6 Å². The van der Waals surface area contributed by atoms with Gasteiger partial charge in [0.25, 0.3) is 5.56 Å². The molecule has 0 fully saturated rings. The number of amides is 1. The SMILES string of the molecule is CCNCc1ccccc1NC(=O)CCc1c(C)nc2c(c1C)c(=O)[nH]n2C. The third kappa shape index (κ3) is 3.99. The van der Waals surface area contributed by atoms with Crippen LogP contribution in [0.3, 0.4) is 0 Å². The Morgan fingerprint density at radius 2 is 2.00 bits per heavy atom. The summed E-state index contributed by atoms with van der Waals surface area (Å²) < 4.78 is 1.63. The standard InChI is InChI=1S/C21H27N5O2/c1-5-22-12-15-8-6-7-9-17(15)24-18(27)11-10-16-13(2)19-20(23-14(16)3)26(4)25-21(19)28/h6-9,22H,5,10-12H2,1-4H3,(H,24,27)(H,25,28). The van der Waals surface area contributed by atoms with Crippen molar-refractivity contribution in [3.63, 3.8) is 0 Å². The maximum atomic E-state index is 12.5. The predicted molar refractivity (Wildman–Crippen MR) is 112 cm³/mol. The molecule has 148 valence electrons. The summed E-state index contributed by atoms with van der Waals surface area (Å²) in [5.41, 5.74) is 5.08. The second-order valence-corrected chi connectivity index (χ2v) is 6.98. The lowest BCUT2D eigenvalue weighted by Gasteiger charge is -2.13. The van der Waals surface area contributed by atoms with Crippen LogP contribution < -0.4 is 16.2 Å². The number of aromatic amines is 1. The number of hydrogen-bond donors (Lipinski definition) is 3. The molecule has 3 aromatic rings. The van der Waals surface area contributed by atoms with Crippen LogP contribution in [0.25, 0.3) is 11.0 Å². The molecule has 0 aliphatic rings. The Balaban J connectivity index is 1.75. The van der Waals surface area contributed by atoms with E-state index in [4.69, 9.17) is 0 Å². The first-order chi connectivity index (χ1) is 13.4. The molecule has 0 aliphatic heterocycles. The fraction of sp³-hybridized carbons (Fsp3) is 0.381. The van der Waals surface area contributed by atoms with E-state index in [0.717, 1.165) is 34.6 Å². The van der Waals surface area contributed by atoms with E-state index in [2.05, 4.69) is 27.6 Å². The van der Waals surface area contributed by atoms with Crippen molar-refractivity contribution in [2.24, 2.45) is 7.05 Å². The molecular weight excluding hydrogens is 354 g/mol. The number of H-pyrrole nitrogens is 1. The van der Waals surface area contributed by atoms with Gasteiger partial charge in [-0.05, 0) is 49.6 Å². The number of para-hydroxylation sites is 1. The molecule has 3 rings (SSSR count). The van der Waals surface area contributed by atoms with Crippen LogP contribution >= 0.6 is 0 Å². The van der Waals surface area contributed by atoms with E-state index >= 15 is 0 Å². The molecule has 2 aromatic heterocycles. The smallest absolute Gasteiger partial charge is 0.273 e. The summed E-state index contributed by atoms with van der Waals surface area (Å²) >= 11 is 0. The first-order valence-electron chi connectivity index (χ1n) is 9.55. The van der Waals surface area contributed by atoms with Crippen LogP contribution in [0.15, 0.2) is 29.1 Å². The van der Waals surface area contributed by atoms with Crippen LogP contribution in [0.5, 0.6) is 0 Å². The fourth-order valence-corrected chi connectivity index (χ4v) is 3.52. The molecule has 7 nitrogen and oxygen atoms in total. The van der Waals surface area contributed by atoms with Crippen molar-refractivity contribution in [3.05, 3.63) is 57.0 Å². The van der Waals surface area contributed by atoms with Gasteiger partial charge in [-0.25, -0.2) is 4.98 Å². The molecule has 0 unspecified atom stereocenters. The monoisotopic (exact) mass is 381 g/mol. The summed E-state index contributed by atoms with van der Waals surface area (Å²) in [4.78, 5) is 29.3. The highest BCUT2D eigenvalue weighted by Crippen LogP contribution is 2.21. The summed E-state index contributed by atoms with van der Waals surface area (Å²) in [7, 11) is 1.77. The van der Waals surface area contributed by atoms with Crippen molar-refractivity contribution in [2.75, 3.05) is 11.9 Å². The predicted octanol–water partition coefficient (Wildman–Crippen LogP) is 2.56. The molecule has 0 bridgehead atoms. The molecule has 0 saturated heterocycles. The number of fused-ring (bicyclic) bond motifs is 1. The number of carbonyl (C=O) groups excluding carboxylic acids is 1. The van der Waals surface area contributed by atoms with Gasteiger partial charge in [-0.3, -0.25) is 19.4 Å². The van der Waals surface area contributed by atoms with Gasteiger partial charge in [0, 0.05) is 31.4 Å². The van der Waals surface area contributed by atoms with Crippen LogP contribution in [0.2, 0.25) is 0 Å². The van der Waals surface area contributed by atoms with Gasteiger partial charge in [0.15, 0.2) is 5.65 Å². The minimum absolute atomic E-state index is 0.0511. The number of nitrogens with zero attached hydrogens (tertiary/aromatic N) is 2. The largest absolute Gasteiger partial charge is 0.326 e. The molecule has 1 aromatic carbocycles.